The van der Waals surface area contributed by atoms with Gasteiger partial charge in [0.15, 0.2) is 0 Å². The van der Waals surface area contributed by atoms with E-state index in [9.17, 15) is 0 Å². The summed E-state index contributed by atoms with van der Waals surface area (Å²) in [4.78, 5) is 0. The lowest BCUT2D eigenvalue weighted by Gasteiger charge is -2.38. The summed E-state index contributed by atoms with van der Waals surface area (Å²) in [5.41, 5.74) is 4.39. The molecule has 0 N–H and O–H groups in total. The summed E-state index contributed by atoms with van der Waals surface area (Å²) < 4.78 is 12.8. The Balaban J connectivity index is 1.58. The van der Waals surface area contributed by atoms with Gasteiger partial charge in [-0.1, -0.05) is 58.4 Å². The van der Waals surface area contributed by atoms with Crippen LogP contribution in [0.4, 0.5) is 0 Å². The van der Waals surface area contributed by atoms with Crippen LogP contribution in [0.1, 0.15) is 35.4 Å². The third-order valence-corrected chi connectivity index (χ3v) is 5.79. The number of fused-ring (bicyclic) bond motifs is 3. The fourth-order valence-corrected chi connectivity index (χ4v) is 4.12. The number of hydrazone groups is 1. The van der Waals surface area contributed by atoms with Gasteiger partial charge in [0.05, 0.1) is 18.9 Å². The second-order valence-electron chi connectivity index (χ2n) is 6.94. The van der Waals surface area contributed by atoms with E-state index in [4.69, 9.17) is 14.6 Å². The number of hydrogen-bond acceptors (Lipinski definition) is 4. The van der Waals surface area contributed by atoms with E-state index < -0.39 is 0 Å². The predicted octanol–water partition coefficient (Wildman–Crippen LogP) is 5.70. The van der Waals surface area contributed by atoms with Gasteiger partial charge in [-0.25, -0.2) is 5.01 Å². The van der Waals surface area contributed by atoms with Gasteiger partial charge < -0.3 is 9.47 Å². The highest BCUT2D eigenvalue weighted by Crippen LogP contribution is 2.47. The molecule has 0 aromatic heterocycles. The average Bonchev–Trinajstić information content (AvgIpc) is 3.20. The maximum Gasteiger partial charge on any atom is 0.213 e. The van der Waals surface area contributed by atoms with Crippen LogP contribution in [0.5, 0.6) is 11.5 Å². The standard InChI is InChI=1S/C23H19BrN2O2/c1-27-18-6-4-5-16(13-18)20-14-21-19-7-2-3-8-22(19)28-23(26(21)25-20)15-9-11-17(24)12-10-15/h2-13,21,23H,14H2,1H3/t21-,23-/m1/s1. The number of para-hydroxylation sites is 1. The molecule has 0 fully saturated rings. The van der Waals surface area contributed by atoms with Crippen molar-refractivity contribution in [2.24, 2.45) is 5.10 Å². The van der Waals surface area contributed by atoms with Crippen molar-refractivity contribution in [3.63, 3.8) is 0 Å². The first kappa shape index (κ1) is 17.3. The van der Waals surface area contributed by atoms with Gasteiger partial charge in [-0.3, -0.25) is 0 Å². The molecule has 0 unspecified atom stereocenters. The number of nitrogens with zero attached hydrogens (tertiary/aromatic N) is 2. The van der Waals surface area contributed by atoms with Gasteiger partial charge in [-0.15, -0.1) is 0 Å². The van der Waals surface area contributed by atoms with Gasteiger partial charge in [0.25, 0.3) is 0 Å². The Hall–Kier alpha value is -2.79. The molecular weight excluding hydrogens is 416 g/mol. The zero-order valence-corrected chi connectivity index (χ0v) is 17.0. The van der Waals surface area contributed by atoms with Crippen LogP contribution in [0.15, 0.2) is 82.4 Å². The SMILES string of the molecule is COc1cccc(C2=NN3[C@H](C2)c2ccccc2O[C@@H]3c2ccc(Br)cc2)c1. The minimum Gasteiger partial charge on any atom is -0.497 e. The Morgan fingerprint density at radius 3 is 2.68 bits per heavy atom. The van der Waals surface area contributed by atoms with E-state index in [1.54, 1.807) is 7.11 Å². The fraction of sp³-hybridized carbons (Fsp3) is 0.174. The molecule has 2 aliphatic rings. The van der Waals surface area contributed by atoms with Crippen molar-refractivity contribution >= 4 is 21.6 Å². The topological polar surface area (TPSA) is 34.1 Å². The van der Waals surface area contributed by atoms with Crippen LogP contribution in [0, 0.1) is 0 Å². The van der Waals surface area contributed by atoms with Crippen molar-refractivity contribution in [2.45, 2.75) is 18.7 Å². The molecule has 28 heavy (non-hydrogen) atoms. The first-order valence-corrected chi connectivity index (χ1v) is 10.0. The van der Waals surface area contributed by atoms with E-state index in [1.807, 2.05) is 42.5 Å². The molecule has 2 heterocycles. The molecule has 0 saturated heterocycles. The summed E-state index contributed by atoms with van der Waals surface area (Å²) in [6, 6.07) is 24.7. The third kappa shape index (κ3) is 2.96. The minimum absolute atomic E-state index is 0.153. The molecule has 2 atom stereocenters. The van der Waals surface area contributed by atoms with Crippen molar-refractivity contribution in [1.29, 1.82) is 0 Å². The van der Waals surface area contributed by atoms with Gasteiger partial charge >= 0.3 is 0 Å². The molecule has 5 rings (SSSR count). The molecule has 4 nitrogen and oxygen atoms in total. The number of rotatable bonds is 3. The highest BCUT2D eigenvalue weighted by atomic mass is 79.9. The van der Waals surface area contributed by atoms with Crippen LogP contribution in [0.25, 0.3) is 0 Å². The van der Waals surface area contributed by atoms with Gasteiger partial charge in [0.2, 0.25) is 6.23 Å². The molecule has 2 aliphatic heterocycles. The summed E-state index contributed by atoms with van der Waals surface area (Å²) in [7, 11) is 1.69. The number of hydrogen-bond donors (Lipinski definition) is 0. The van der Waals surface area contributed by atoms with Gasteiger partial charge in [-0.2, -0.15) is 5.10 Å². The second-order valence-corrected chi connectivity index (χ2v) is 7.85. The predicted molar refractivity (Wildman–Crippen MR) is 113 cm³/mol. The third-order valence-electron chi connectivity index (χ3n) is 5.26. The van der Waals surface area contributed by atoms with Crippen LogP contribution in [-0.2, 0) is 0 Å². The maximum atomic E-state index is 6.38. The lowest BCUT2D eigenvalue weighted by atomic mass is 9.96. The van der Waals surface area contributed by atoms with Gasteiger partial charge in [0, 0.05) is 27.6 Å². The first-order chi connectivity index (χ1) is 13.7. The van der Waals surface area contributed by atoms with E-state index in [1.165, 1.54) is 5.56 Å². The van der Waals surface area contributed by atoms with Gasteiger partial charge in [0.1, 0.15) is 11.5 Å². The monoisotopic (exact) mass is 434 g/mol. The molecule has 0 radical (unpaired) electrons. The van der Waals surface area contributed by atoms with Crippen LogP contribution >= 0.6 is 15.9 Å². The van der Waals surface area contributed by atoms with Crippen molar-refractivity contribution in [2.75, 3.05) is 7.11 Å². The highest BCUT2D eigenvalue weighted by Gasteiger charge is 2.40. The molecule has 0 aliphatic carbocycles. The average molecular weight is 435 g/mol. The van der Waals surface area contributed by atoms with Crippen molar-refractivity contribution in [3.05, 3.63) is 94.0 Å². The second kappa shape index (κ2) is 6.99. The van der Waals surface area contributed by atoms with Crippen molar-refractivity contribution < 1.29 is 9.47 Å². The molecular formula is C23H19BrN2O2. The normalized spacial score (nSPS) is 20.1. The van der Waals surface area contributed by atoms with E-state index in [0.29, 0.717) is 0 Å². The van der Waals surface area contributed by atoms with E-state index in [-0.39, 0.29) is 12.3 Å². The van der Waals surface area contributed by atoms with Gasteiger partial charge in [-0.05, 0) is 30.3 Å². The maximum absolute atomic E-state index is 6.38. The Labute approximate surface area is 172 Å². The van der Waals surface area contributed by atoms with Crippen molar-refractivity contribution in [1.82, 2.24) is 5.01 Å². The smallest absolute Gasteiger partial charge is 0.213 e. The molecule has 0 bridgehead atoms. The zero-order chi connectivity index (χ0) is 19.1. The van der Waals surface area contributed by atoms with Crippen LogP contribution in [-0.4, -0.2) is 17.8 Å². The molecule has 3 aromatic carbocycles. The van der Waals surface area contributed by atoms with Crippen LogP contribution in [0.2, 0.25) is 0 Å². The molecule has 0 amide bonds. The molecule has 5 heteroatoms. The Morgan fingerprint density at radius 1 is 1.04 bits per heavy atom. The lowest BCUT2D eigenvalue weighted by molar-refractivity contribution is -0.0190. The zero-order valence-electron chi connectivity index (χ0n) is 15.4. The Bertz CT molecular complexity index is 1050. The molecule has 140 valence electrons. The highest BCUT2D eigenvalue weighted by molar-refractivity contribution is 9.10. The quantitative estimate of drug-likeness (QED) is 0.529. The lowest BCUT2D eigenvalue weighted by Crippen LogP contribution is -2.33. The minimum atomic E-state index is -0.254. The van der Waals surface area contributed by atoms with Crippen LogP contribution in [0.3, 0.4) is 0 Å². The van der Waals surface area contributed by atoms with Crippen LogP contribution < -0.4 is 9.47 Å². The summed E-state index contributed by atoms with van der Waals surface area (Å²) in [6.07, 6.45) is 0.580. The summed E-state index contributed by atoms with van der Waals surface area (Å²) in [5.74, 6) is 1.77. The van der Waals surface area contributed by atoms with E-state index >= 15 is 0 Å². The number of methoxy groups -OCH3 is 1. The van der Waals surface area contributed by atoms with Crippen molar-refractivity contribution in [3.8, 4) is 11.5 Å². The number of halogens is 1. The number of ether oxygens (including phenoxy) is 2. The Morgan fingerprint density at radius 2 is 1.86 bits per heavy atom. The van der Waals surface area contributed by atoms with E-state index in [2.05, 4.69) is 51.3 Å². The fourth-order valence-electron chi connectivity index (χ4n) is 3.86. The van der Waals surface area contributed by atoms with E-state index in [0.717, 1.165) is 39.2 Å². The summed E-state index contributed by atoms with van der Waals surface area (Å²) in [6.45, 7) is 0. The first-order valence-electron chi connectivity index (χ1n) is 9.24. The summed E-state index contributed by atoms with van der Waals surface area (Å²) >= 11 is 3.51. The molecule has 0 spiro atoms. The largest absolute Gasteiger partial charge is 0.497 e. The summed E-state index contributed by atoms with van der Waals surface area (Å²) in [5, 5.41) is 7.09. The number of benzene rings is 3. The molecule has 0 saturated carbocycles. The Kier molecular flexibility index (Phi) is 4.32. The molecule has 3 aromatic rings.